The van der Waals surface area contributed by atoms with E-state index in [1.165, 1.54) is 5.57 Å². The van der Waals surface area contributed by atoms with E-state index in [1.54, 1.807) is 7.11 Å². The molecule has 158 valence electrons. The molecule has 0 saturated carbocycles. The van der Waals surface area contributed by atoms with Crippen molar-refractivity contribution in [2.24, 2.45) is 0 Å². The largest absolute Gasteiger partial charge is 0.496 e. The molecule has 1 aliphatic heterocycles. The van der Waals surface area contributed by atoms with Gasteiger partial charge in [0.1, 0.15) is 5.75 Å². The summed E-state index contributed by atoms with van der Waals surface area (Å²) in [6.07, 6.45) is 9.48. The van der Waals surface area contributed by atoms with E-state index in [2.05, 4.69) is 54.9 Å². The molecule has 4 heteroatoms. The van der Waals surface area contributed by atoms with Crippen molar-refractivity contribution in [3.05, 3.63) is 107 Å². The Morgan fingerprint density at radius 3 is 2.58 bits per heavy atom. The van der Waals surface area contributed by atoms with Crippen LogP contribution in [0.5, 0.6) is 5.75 Å². The smallest absolute Gasteiger partial charge is 0.251 e. The standard InChI is InChI=1S/C27H28N2O2/c1-27(2)17-21(18-28-26(30)20-9-5-4-6-10-20)22-15-13-19(14-16-24(22)29-27)23-11-7-8-12-25(23)31-3/h4-14,16-17,29H,15,18H2,1-3H3,(H,28,30). The van der Waals surface area contributed by atoms with Gasteiger partial charge in [-0.25, -0.2) is 0 Å². The number of hydrogen-bond acceptors (Lipinski definition) is 3. The Bertz CT molecular complexity index is 1110. The van der Waals surface area contributed by atoms with Gasteiger partial charge in [-0.1, -0.05) is 54.6 Å². The molecule has 1 aliphatic carbocycles. The van der Waals surface area contributed by atoms with Crippen LogP contribution < -0.4 is 15.4 Å². The summed E-state index contributed by atoms with van der Waals surface area (Å²) in [5, 5.41) is 6.71. The van der Waals surface area contributed by atoms with Gasteiger partial charge >= 0.3 is 0 Å². The summed E-state index contributed by atoms with van der Waals surface area (Å²) in [7, 11) is 1.70. The van der Waals surface area contributed by atoms with Crippen molar-refractivity contribution in [2.75, 3.05) is 13.7 Å². The van der Waals surface area contributed by atoms with Gasteiger partial charge in [0, 0.05) is 23.4 Å². The SMILES string of the molecule is COc1ccccc1C1=CCC2=C(C=C1)NC(C)(C)C=C2CNC(=O)c1ccccc1. The van der Waals surface area contributed by atoms with Crippen molar-refractivity contribution < 1.29 is 9.53 Å². The first-order chi connectivity index (χ1) is 15.0. The average Bonchev–Trinajstić information content (AvgIpc) is 2.99. The van der Waals surface area contributed by atoms with Crippen LogP contribution in [0, 0.1) is 0 Å². The fraction of sp³-hybridized carbons (Fsp3) is 0.222. The van der Waals surface area contributed by atoms with Crippen molar-refractivity contribution in [3.8, 4) is 5.75 Å². The van der Waals surface area contributed by atoms with Gasteiger partial charge in [-0.3, -0.25) is 4.79 Å². The summed E-state index contributed by atoms with van der Waals surface area (Å²) in [5.41, 5.74) is 6.11. The number of dihydropyridines is 1. The van der Waals surface area contributed by atoms with Crippen molar-refractivity contribution >= 4 is 11.5 Å². The number of amides is 1. The van der Waals surface area contributed by atoms with Gasteiger partial charge in [0.2, 0.25) is 0 Å². The predicted octanol–water partition coefficient (Wildman–Crippen LogP) is 5.03. The third-order valence-corrected chi connectivity index (χ3v) is 5.55. The molecule has 0 spiro atoms. The molecule has 4 nitrogen and oxygen atoms in total. The Balaban J connectivity index is 1.58. The summed E-state index contributed by atoms with van der Waals surface area (Å²) >= 11 is 0. The fourth-order valence-corrected chi connectivity index (χ4v) is 4.10. The summed E-state index contributed by atoms with van der Waals surface area (Å²) in [6.45, 7) is 4.77. The first-order valence-electron chi connectivity index (χ1n) is 10.6. The Labute approximate surface area is 184 Å². The second kappa shape index (κ2) is 8.68. The van der Waals surface area contributed by atoms with Crippen molar-refractivity contribution in [1.29, 1.82) is 0 Å². The average molecular weight is 413 g/mol. The van der Waals surface area contributed by atoms with Crippen LogP contribution in [0.3, 0.4) is 0 Å². The van der Waals surface area contributed by atoms with Crippen LogP contribution in [0.1, 0.15) is 36.2 Å². The minimum atomic E-state index is -0.203. The maximum atomic E-state index is 12.6. The van der Waals surface area contributed by atoms with E-state index in [1.807, 2.05) is 48.5 Å². The first-order valence-corrected chi connectivity index (χ1v) is 10.6. The molecule has 2 aliphatic rings. The van der Waals surface area contributed by atoms with E-state index in [4.69, 9.17) is 4.74 Å². The number of nitrogens with one attached hydrogen (secondary N) is 2. The summed E-state index contributed by atoms with van der Waals surface area (Å²) < 4.78 is 5.56. The molecular weight excluding hydrogens is 384 g/mol. The van der Waals surface area contributed by atoms with Crippen LogP contribution in [-0.4, -0.2) is 25.1 Å². The van der Waals surface area contributed by atoms with E-state index in [9.17, 15) is 4.79 Å². The number of hydrogen-bond donors (Lipinski definition) is 2. The highest BCUT2D eigenvalue weighted by atomic mass is 16.5. The predicted molar refractivity (Wildman–Crippen MR) is 126 cm³/mol. The highest BCUT2D eigenvalue weighted by Crippen LogP contribution is 2.34. The van der Waals surface area contributed by atoms with Crippen LogP contribution in [0.25, 0.3) is 5.57 Å². The molecule has 2 aromatic rings. The van der Waals surface area contributed by atoms with Gasteiger partial charge in [0.25, 0.3) is 5.91 Å². The van der Waals surface area contributed by atoms with Crippen LogP contribution in [-0.2, 0) is 0 Å². The lowest BCUT2D eigenvalue weighted by Gasteiger charge is -2.33. The molecule has 0 bridgehead atoms. The molecule has 0 saturated heterocycles. The van der Waals surface area contributed by atoms with E-state index in [-0.39, 0.29) is 11.4 Å². The number of allylic oxidation sites excluding steroid dienone is 4. The lowest BCUT2D eigenvalue weighted by Crippen LogP contribution is -2.41. The highest BCUT2D eigenvalue weighted by molar-refractivity contribution is 5.94. The van der Waals surface area contributed by atoms with E-state index >= 15 is 0 Å². The van der Waals surface area contributed by atoms with Gasteiger partial charge in [-0.15, -0.1) is 0 Å². The Morgan fingerprint density at radius 1 is 1.06 bits per heavy atom. The molecular formula is C27H28N2O2. The van der Waals surface area contributed by atoms with Crippen molar-refractivity contribution in [1.82, 2.24) is 10.6 Å². The highest BCUT2D eigenvalue weighted by Gasteiger charge is 2.26. The Hall–Kier alpha value is -3.53. The molecule has 2 N–H and O–H groups in total. The molecule has 0 unspecified atom stereocenters. The monoisotopic (exact) mass is 412 g/mol. The molecule has 1 heterocycles. The number of para-hydroxylation sites is 1. The molecule has 0 fully saturated rings. The molecule has 0 atom stereocenters. The zero-order valence-corrected chi connectivity index (χ0v) is 18.2. The number of carbonyl (C=O) groups is 1. The minimum Gasteiger partial charge on any atom is -0.496 e. The number of rotatable bonds is 5. The van der Waals surface area contributed by atoms with Gasteiger partial charge in [-0.2, -0.15) is 0 Å². The zero-order chi connectivity index (χ0) is 21.8. The van der Waals surface area contributed by atoms with E-state index in [0.29, 0.717) is 12.1 Å². The maximum Gasteiger partial charge on any atom is 0.251 e. The first kappa shape index (κ1) is 20.7. The van der Waals surface area contributed by atoms with Gasteiger partial charge in [-0.05, 0) is 61.3 Å². The topological polar surface area (TPSA) is 50.4 Å². The van der Waals surface area contributed by atoms with E-state index in [0.717, 1.165) is 34.6 Å². The number of ether oxygens (including phenoxy) is 1. The number of carbonyl (C=O) groups excluding carboxylic acids is 1. The van der Waals surface area contributed by atoms with Crippen molar-refractivity contribution in [3.63, 3.8) is 0 Å². The molecule has 4 rings (SSSR count). The Kier molecular flexibility index (Phi) is 5.81. The normalized spacial score (nSPS) is 17.0. The number of methoxy groups -OCH3 is 1. The van der Waals surface area contributed by atoms with Gasteiger partial charge in [0.05, 0.1) is 12.6 Å². The summed E-state index contributed by atoms with van der Waals surface area (Å²) in [5.74, 6) is 0.798. The molecule has 2 aromatic carbocycles. The second-order valence-electron chi connectivity index (χ2n) is 8.35. The lowest BCUT2D eigenvalue weighted by molar-refractivity contribution is 0.0957. The second-order valence-corrected chi connectivity index (χ2v) is 8.35. The van der Waals surface area contributed by atoms with Crippen LogP contribution in [0.4, 0.5) is 0 Å². The molecule has 0 radical (unpaired) electrons. The third kappa shape index (κ3) is 4.64. The van der Waals surface area contributed by atoms with Crippen molar-refractivity contribution in [2.45, 2.75) is 25.8 Å². The summed E-state index contributed by atoms with van der Waals surface area (Å²) in [6, 6.07) is 17.4. The third-order valence-electron chi connectivity index (χ3n) is 5.55. The minimum absolute atomic E-state index is 0.0607. The van der Waals surface area contributed by atoms with Gasteiger partial charge < -0.3 is 15.4 Å². The van der Waals surface area contributed by atoms with Crippen LogP contribution in [0.2, 0.25) is 0 Å². The molecule has 1 amide bonds. The molecule has 31 heavy (non-hydrogen) atoms. The lowest BCUT2D eigenvalue weighted by atomic mass is 9.89. The summed E-state index contributed by atoms with van der Waals surface area (Å²) in [4.78, 5) is 12.6. The van der Waals surface area contributed by atoms with E-state index < -0.39 is 0 Å². The molecule has 0 aromatic heterocycles. The van der Waals surface area contributed by atoms with Crippen LogP contribution >= 0.6 is 0 Å². The maximum absolute atomic E-state index is 12.6. The quantitative estimate of drug-likeness (QED) is 0.724. The number of benzene rings is 2. The Morgan fingerprint density at radius 2 is 1.81 bits per heavy atom. The fourth-order valence-electron chi connectivity index (χ4n) is 4.10. The van der Waals surface area contributed by atoms with Crippen LogP contribution in [0.15, 0.2) is 95.7 Å². The van der Waals surface area contributed by atoms with Gasteiger partial charge in [0.15, 0.2) is 0 Å². The zero-order valence-electron chi connectivity index (χ0n) is 18.2.